The molecule has 0 aliphatic carbocycles. The molecule has 0 N–H and O–H groups in total. The van der Waals surface area contributed by atoms with Gasteiger partial charge in [0.25, 0.3) is 0 Å². The van der Waals surface area contributed by atoms with Gasteiger partial charge in [-0.25, -0.2) is 0 Å². The third-order valence-corrected chi connectivity index (χ3v) is 4.00. The highest BCUT2D eigenvalue weighted by Crippen LogP contribution is 2.28. The van der Waals surface area contributed by atoms with E-state index in [1.807, 2.05) is 13.0 Å². The normalized spacial score (nSPS) is 12.5. The molecular weight excluding hydrogens is 296 g/mol. The van der Waals surface area contributed by atoms with Crippen LogP contribution in [0.25, 0.3) is 0 Å². The van der Waals surface area contributed by atoms with E-state index in [1.165, 1.54) is 11.1 Å². The summed E-state index contributed by atoms with van der Waals surface area (Å²) in [5.41, 5.74) is 3.75. The van der Waals surface area contributed by atoms with E-state index in [0.717, 1.165) is 15.1 Å². The average molecular weight is 310 g/mol. The van der Waals surface area contributed by atoms with Crippen molar-refractivity contribution in [3.63, 3.8) is 0 Å². The first kappa shape index (κ1) is 12.7. The molecule has 0 aliphatic rings. The lowest BCUT2D eigenvalue weighted by atomic mass is 9.92. The van der Waals surface area contributed by atoms with Crippen LogP contribution in [0.3, 0.4) is 0 Å². The molecule has 2 aromatic carbocycles. The fourth-order valence-electron chi connectivity index (χ4n) is 1.88. The zero-order chi connectivity index (χ0) is 12.4. The maximum Gasteiger partial charge on any atom is 0.0435 e. The van der Waals surface area contributed by atoms with Gasteiger partial charge in [0.1, 0.15) is 0 Å². The van der Waals surface area contributed by atoms with Crippen molar-refractivity contribution in [3.8, 4) is 0 Å². The molecule has 2 aromatic rings. The molecule has 0 radical (unpaired) electrons. The lowest BCUT2D eigenvalue weighted by molar-refractivity contribution is 0.919. The van der Waals surface area contributed by atoms with Gasteiger partial charge in [-0.1, -0.05) is 58.7 Å². The molecule has 0 nitrogen and oxygen atoms in total. The van der Waals surface area contributed by atoms with E-state index in [9.17, 15) is 0 Å². The van der Waals surface area contributed by atoms with Crippen LogP contribution in [0.5, 0.6) is 0 Å². The summed E-state index contributed by atoms with van der Waals surface area (Å²) in [6, 6.07) is 14.7. The van der Waals surface area contributed by atoms with Crippen LogP contribution in [0.2, 0.25) is 5.02 Å². The summed E-state index contributed by atoms with van der Waals surface area (Å²) in [6.07, 6.45) is 0. The monoisotopic (exact) mass is 308 g/mol. The van der Waals surface area contributed by atoms with E-state index in [4.69, 9.17) is 11.6 Å². The molecule has 2 heteroatoms. The van der Waals surface area contributed by atoms with Gasteiger partial charge in [-0.15, -0.1) is 0 Å². The zero-order valence-electron chi connectivity index (χ0n) is 9.87. The van der Waals surface area contributed by atoms with E-state index >= 15 is 0 Å². The fourth-order valence-corrected chi connectivity index (χ4v) is 2.26. The predicted molar refractivity (Wildman–Crippen MR) is 77.8 cm³/mol. The molecule has 0 bridgehead atoms. The Balaban J connectivity index is 2.33. The Labute approximate surface area is 116 Å². The molecule has 0 heterocycles. The predicted octanol–water partition coefficient (Wildman–Crippen LogP) is 5.56. The largest absolute Gasteiger partial charge is 0.0841 e. The van der Waals surface area contributed by atoms with Crippen molar-refractivity contribution in [1.82, 2.24) is 0 Å². The van der Waals surface area contributed by atoms with Crippen molar-refractivity contribution in [3.05, 3.63) is 68.7 Å². The molecule has 2 rings (SSSR count). The zero-order valence-corrected chi connectivity index (χ0v) is 12.2. The first-order valence-corrected chi connectivity index (χ1v) is 6.76. The van der Waals surface area contributed by atoms with Crippen molar-refractivity contribution in [2.45, 2.75) is 19.8 Å². The highest BCUT2D eigenvalue weighted by atomic mass is 79.9. The summed E-state index contributed by atoms with van der Waals surface area (Å²) < 4.78 is 1.11. The Morgan fingerprint density at radius 3 is 2.18 bits per heavy atom. The summed E-state index contributed by atoms with van der Waals surface area (Å²) in [6.45, 7) is 4.26. The molecule has 0 aliphatic heterocycles. The number of halogens is 2. The Bertz CT molecular complexity index is 517. The summed E-state index contributed by atoms with van der Waals surface area (Å²) in [5, 5.41) is 0.830. The van der Waals surface area contributed by atoms with Crippen molar-refractivity contribution < 1.29 is 0 Å². The van der Waals surface area contributed by atoms with Crippen LogP contribution in [0.4, 0.5) is 0 Å². The van der Waals surface area contributed by atoms with Crippen LogP contribution < -0.4 is 0 Å². The van der Waals surface area contributed by atoms with Gasteiger partial charge in [-0.3, -0.25) is 0 Å². The van der Waals surface area contributed by atoms with Crippen molar-refractivity contribution in [1.29, 1.82) is 0 Å². The van der Waals surface area contributed by atoms with Crippen LogP contribution in [0.1, 0.15) is 29.5 Å². The summed E-state index contributed by atoms with van der Waals surface area (Å²) in [7, 11) is 0. The van der Waals surface area contributed by atoms with Crippen LogP contribution in [-0.2, 0) is 0 Å². The van der Waals surface area contributed by atoms with Crippen molar-refractivity contribution in [2.75, 3.05) is 0 Å². The minimum Gasteiger partial charge on any atom is -0.0841 e. The lowest BCUT2D eigenvalue weighted by Crippen LogP contribution is -1.96. The molecule has 0 amide bonds. The van der Waals surface area contributed by atoms with Gasteiger partial charge >= 0.3 is 0 Å². The van der Waals surface area contributed by atoms with Gasteiger partial charge in [-0.05, 0) is 41.8 Å². The number of hydrogen-bond donors (Lipinski definition) is 0. The molecule has 1 unspecified atom stereocenters. The maximum atomic E-state index is 6.05. The van der Waals surface area contributed by atoms with E-state index in [0.29, 0.717) is 5.92 Å². The van der Waals surface area contributed by atoms with Gasteiger partial charge < -0.3 is 0 Å². The Morgan fingerprint density at radius 2 is 1.59 bits per heavy atom. The first-order chi connectivity index (χ1) is 8.08. The van der Waals surface area contributed by atoms with Crippen LogP contribution in [0, 0.1) is 6.92 Å². The minimum absolute atomic E-state index is 0.388. The fraction of sp³-hybridized carbons (Fsp3) is 0.200. The van der Waals surface area contributed by atoms with E-state index in [1.54, 1.807) is 0 Å². The second kappa shape index (κ2) is 5.24. The second-order valence-corrected chi connectivity index (χ2v) is 5.60. The smallest absolute Gasteiger partial charge is 0.0435 e. The second-order valence-electron chi connectivity index (χ2n) is 4.28. The van der Waals surface area contributed by atoms with Crippen LogP contribution >= 0.6 is 27.5 Å². The topological polar surface area (TPSA) is 0 Å². The van der Waals surface area contributed by atoms with Crippen molar-refractivity contribution >= 4 is 27.5 Å². The molecule has 0 fully saturated rings. The van der Waals surface area contributed by atoms with Gasteiger partial charge in [0.15, 0.2) is 0 Å². The summed E-state index contributed by atoms with van der Waals surface area (Å²) in [4.78, 5) is 0. The third-order valence-electron chi connectivity index (χ3n) is 3.05. The molecule has 17 heavy (non-hydrogen) atoms. The van der Waals surface area contributed by atoms with Gasteiger partial charge in [0, 0.05) is 15.4 Å². The molecule has 0 spiro atoms. The number of benzene rings is 2. The standard InChI is InChI=1S/C15H14BrCl/c1-10-9-13(5-8-15(10)17)11(2)12-3-6-14(16)7-4-12/h3-9,11H,1-2H3. The quantitative estimate of drug-likeness (QED) is 0.681. The van der Waals surface area contributed by atoms with Crippen LogP contribution in [0.15, 0.2) is 46.9 Å². The van der Waals surface area contributed by atoms with Crippen LogP contribution in [-0.4, -0.2) is 0 Å². The Kier molecular flexibility index (Phi) is 3.90. The molecule has 0 aromatic heterocycles. The van der Waals surface area contributed by atoms with E-state index < -0.39 is 0 Å². The SMILES string of the molecule is Cc1cc(C(C)c2ccc(Br)cc2)ccc1Cl. The number of rotatable bonds is 2. The third kappa shape index (κ3) is 2.91. The first-order valence-electron chi connectivity index (χ1n) is 5.59. The highest BCUT2D eigenvalue weighted by molar-refractivity contribution is 9.10. The molecule has 0 saturated carbocycles. The van der Waals surface area contributed by atoms with Crippen molar-refractivity contribution in [2.24, 2.45) is 0 Å². The van der Waals surface area contributed by atoms with Gasteiger partial charge in [-0.2, -0.15) is 0 Å². The van der Waals surface area contributed by atoms with E-state index in [-0.39, 0.29) is 0 Å². The molecular formula is C15H14BrCl. The number of aryl methyl sites for hydroxylation is 1. The average Bonchev–Trinajstić information content (AvgIpc) is 2.33. The Morgan fingerprint density at radius 1 is 1.00 bits per heavy atom. The lowest BCUT2D eigenvalue weighted by Gasteiger charge is -2.13. The summed E-state index contributed by atoms with van der Waals surface area (Å²) >= 11 is 9.50. The molecule has 88 valence electrons. The highest BCUT2D eigenvalue weighted by Gasteiger charge is 2.09. The summed E-state index contributed by atoms with van der Waals surface area (Å²) in [5.74, 6) is 0.388. The molecule has 1 atom stereocenters. The Hall–Kier alpha value is -0.790. The molecule has 0 saturated heterocycles. The number of hydrogen-bond acceptors (Lipinski definition) is 0. The van der Waals surface area contributed by atoms with E-state index in [2.05, 4.69) is 59.3 Å². The maximum absolute atomic E-state index is 6.05. The minimum atomic E-state index is 0.388. The van der Waals surface area contributed by atoms with Gasteiger partial charge in [0.05, 0.1) is 0 Å². The van der Waals surface area contributed by atoms with Gasteiger partial charge in [0.2, 0.25) is 0 Å².